The first kappa shape index (κ1) is 13.2. The van der Waals surface area contributed by atoms with Crippen LogP contribution >= 0.6 is 0 Å². The van der Waals surface area contributed by atoms with Crippen LogP contribution in [0.5, 0.6) is 0 Å². The van der Waals surface area contributed by atoms with Crippen LogP contribution in [-0.2, 0) is 11.8 Å². The fraction of sp³-hybridized carbons (Fsp3) is 0.500. The highest BCUT2D eigenvalue weighted by atomic mass is 16.4. The Balaban J connectivity index is 2.68. The van der Waals surface area contributed by atoms with Gasteiger partial charge in [0.2, 0.25) is 0 Å². The first-order valence-corrected chi connectivity index (χ1v) is 4.98. The minimum absolute atomic E-state index is 0.309. The lowest BCUT2D eigenvalue weighted by Gasteiger charge is -2.18. The number of aliphatic carboxylic acids is 1. The van der Waals surface area contributed by atoms with Gasteiger partial charge >= 0.3 is 5.97 Å². The van der Waals surface area contributed by atoms with Crippen molar-refractivity contribution >= 4 is 11.9 Å². The molecule has 1 heterocycles. The van der Waals surface area contributed by atoms with Crippen molar-refractivity contribution in [2.45, 2.75) is 19.4 Å². The molecule has 0 aliphatic carbocycles. The number of hydrogen-bond acceptors (Lipinski definition) is 4. The molecule has 1 unspecified atom stereocenters. The predicted molar refractivity (Wildman–Crippen MR) is 58.5 cm³/mol. The second-order valence-corrected chi connectivity index (χ2v) is 4.06. The number of rotatable bonds is 4. The molecule has 1 rings (SSSR count). The molecule has 3 N–H and O–H groups in total. The van der Waals surface area contributed by atoms with Crippen LogP contribution in [0.2, 0.25) is 0 Å². The van der Waals surface area contributed by atoms with E-state index in [1.165, 1.54) is 4.68 Å². The van der Waals surface area contributed by atoms with Crippen LogP contribution in [0.1, 0.15) is 23.1 Å². The van der Waals surface area contributed by atoms with Gasteiger partial charge in [-0.2, -0.15) is 5.10 Å². The van der Waals surface area contributed by atoms with Crippen molar-refractivity contribution in [3.63, 3.8) is 0 Å². The molecular formula is C10H15N3O4. The molecule has 7 nitrogen and oxygen atoms in total. The SMILES string of the molecule is Cc1cc(C(=O)NCC(C)(O)C(=O)O)n(C)n1. The summed E-state index contributed by atoms with van der Waals surface area (Å²) in [4.78, 5) is 22.3. The largest absolute Gasteiger partial charge is 0.479 e. The van der Waals surface area contributed by atoms with E-state index in [0.29, 0.717) is 11.4 Å². The van der Waals surface area contributed by atoms with Crippen molar-refractivity contribution in [2.75, 3.05) is 6.54 Å². The van der Waals surface area contributed by atoms with E-state index >= 15 is 0 Å². The van der Waals surface area contributed by atoms with Gasteiger partial charge in [0.25, 0.3) is 5.91 Å². The standard InChI is InChI=1S/C10H15N3O4/c1-6-4-7(13(3)12-6)8(14)11-5-10(2,17)9(15)16/h4,17H,5H2,1-3H3,(H,11,14)(H,15,16). The molecule has 0 aliphatic rings. The lowest BCUT2D eigenvalue weighted by molar-refractivity contribution is -0.155. The molecule has 1 aromatic heterocycles. The normalized spacial score (nSPS) is 14.1. The first-order valence-electron chi connectivity index (χ1n) is 4.98. The number of carbonyl (C=O) groups is 2. The van der Waals surface area contributed by atoms with Gasteiger partial charge in [-0.1, -0.05) is 0 Å². The predicted octanol–water partition coefficient (Wildman–Crippen LogP) is -0.706. The molecule has 0 spiro atoms. The number of aliphatic hydroxyl groups is 1. The van der Waals surface area contributed by atoms with Gasteiger partial charge in [0.05, 0.1) is 12.2 Å². The number of amides is 1. The zero-order chi connectivity index (χ0) is 13.2. The van der Waals surface area contributed by atoms with Gasteiger partial charge in [0, 0.05) is 7.05 Å². The van der Waals surface area contributed by atoms with Crippen molar-refractivity contribution < 1.29 is 19.8 Å². The lowest BCUT2D eigenvalue weighted by atomic mass is 10.1. The Bertz CT molecular complexity index is 450. The van der Waals surface area contributed by atoms with Gasteiger partial charge in [0.1, 0.15) is 5.69 Å². The van der Waals surface area contributed by atoms with Crippen LogP contribution in [0.15, 0.2) is 6.07 Å². The number of carbonyl (C=O) groups excluding carboxylic acids is 1. The molecule has 0 radical (unpaired) electrons. The molecule has 1 aromatic rings. The van der Waals surface area contributed by atoms with Gasteiger partial charge in [-0.15, -0.1) is 0 Å². The maximum Gasteiger partial charge on any atom is 0.337 e. The molecule has 94 valence electrons. The number of aromatic nitrogens is 2. The number of hydrogen-bond donors (Lipinski definition) is 3. The number of nitrogens with one attached hydrogen (secondary N) is 1. The average molecular weight is 241 g/mol. The summed E-state index contributed by atoms with van der Waals surface area (Å²) in [6.07, 6.45) is 0. The van der Waals surface area contributed by atoms with E-state index in [1.807, 2.05) is 0 Å². The topological polar surface area (TPSA) is 104 Å². The van der Waals surface area contributed by atoms with Crippen LogP contribution in [0.4, 0.5) is 0 Å². The summed E-state index contributed by atoms with van der Waals surface area (Å²) >= 11 is 0. The van der Waals surface area contributed by atoms with Crippen LogP contribution in [0.25, 0.3) is 0 Å². The van der Waals surface area contributed by atoms with Gasteiger partial charge < -0.3 is 15.5 Å². The van der Waals surface area contributed by atoms with Gasteiger partial charge in [-0.25, -0.2) is 4.79 Å². The highest BCUT2D eigenvalue weighted by molar-refractivity contribution is 5.93. The third-order valence-electron chi connectivity index (χ3n) is 2.29. The molecule has 0 fully saturated rings. The molecule has 1 atom stereocenters. The summed E-state index contributed by atoms with van der Waals surface area (Å²) < 4.78 is 1.39. The van der Waals surface area contributed by atoms with Crippen LogP contribution in [-0.4, -0.2) is 44.0 Å². The van der Waals surface area contributed by atoms with Gasteiger partial charge in [0.15, 0.2) is 5.60 Å². The molecule has 7 heteroatoms. The highest BCUT2D eigenvalue weighted by Crippen LogP contribution is 2.04. The Morgan fingerprint density at radius 2 is 2.18 bits per heavy atom. The fourth-order valence-corrected chi connectivity index (χ4v) is 1.24. The Labute approximate surface area is 98.1 Å². The minimum atomic E-state index is -1.98. The fourth-order valence-electron chi connectivity index (χ4n) is 1.24. The Kier molecular flexibility index (Phi) is 3.52. The average Bonchev–Trinajstić information content (AvgIpc) is 2.54. The van der Waals surface area contributed by atoms with Crippen molar-refractivity contribution in [2.24, 2.45) is 7.05 Å². The first-order chi connectivity index (χ1) is 7.74. The van der Waals surface area contributed by atoms with Crippen molar-refractivity contribution in [3.05, 3.63) is 17.5 Å². The molecule has 0 bridgehead atoms. The smallest absolute Gasteiger partial charge is 0.337 e. The summed E-state index contributed by atoms with van der Waals surface area (Å²) in [7, 11) is 1.61. The summed E-state index contributed by atoms with van der Waals surface area (Å²) in [5.74, 6) is -1.87. The van der Waals surface area contributed by atoms with E-state index in [9.17, 15) is 14.7 Å². The van der Waals surface area contributed by atoms with Crippen molar-refractivity contribution in [3.8, 4) is 0 Å². The number of carboxylic acid groups (broad SMARTS) is 1. The molecule has 0 saturated carbocycles. The molecule has 0 aliphatic heterocycles. The maximum atomic E-state index is 11.7. The second kappa shape index (κ2) is 4.54. The zero-order valence-corrected chi connectivity index (χ0v) is 9.89. The zero-order valence-electron chi connectivity index (χ0n) is 9.89. The number of carboxylic acids is 1. The quantitative estimate of drug-likeness (QED) is 0.646. The summed E-state index contributed by atoms with van der Waals surface area (Å²) in [5.41, 5.74) is -0.991. The number of aryl methyl sites for hydroxylation is 2. The third kappa shape index (κ3) is 3.04. The van der Waals surface area contributed by atoms with Gasteiger partial charge in [-0.3, -0.25) is 9.48 Å². The van der Waals surface area contributed by atoms with Crippen LogP contribution < -0.4 is 5.32 Å². The number of nitrogens with zero attached hydrogens (tertiary/aromatic N) is 2. The van der Waals surface area contributed by atoms with Crippen molar-refractivity contribution in [1.29, 1.82) is 0 Å². The molecule has 0 aromatic carbocycles. The highest BCUT2D eigenvalue weighted by Gasteiger charge is 2.30. The third-order valence-corrected chi connectivity index (χ3v) is 2.29. The minimum Gasteiger partial charge on any atom is -0.479 e. The molecular weight excluding hydrogens is 226 g/mol. The van der Waals surface area contributed by atoms with Gasteiger partial charge in [-0.05, 0) is 19.9 Å². The summed E-state index contributed by atoms with van der Waals surface area (Å²) in [6, 6.07) is 1.57. The molecule has 17 heavy (non-hydrogen) atoms. The summed E-state index contributed by atoms with van der Waals surface area (Å²) in [6.45, 7) is 2.49. The Morgan fingerprint density at radius 3 is 2.59 bits per heavy atom. The molecule has 1 amide bonds. The van der Waals surface area contributed by atoms with Crippen molar-refractivity contribution in [1.82, 2.24) is 15.1 Å². The second-order valence-electron chi connectivity index (χ2n) is 4.06. The van der Waals surface area contributed by atoms with E-state index in [1.54, 1.807) is 20.0 Å². The van der Waals surface area contributed by atoms with Crippen LogP contribution in [0.3, 0.4) is 0 Å². The summed E-state index contributed by atoms with van der Waals surface area (Å²) in [5, 5.41) is 24.4. The van der Waals surface area contributed by atoms with E-state index < -0.39 is 17.5 Å². The lowest BCUT2D eigenvalue weighted by Crippen LogP contribution is -2.46. The Morgan fingerprint density at radius 1 is 1.59 bits per heavy atom. The molecule has 0 saturated heterocycles. The van der Waals surface area contributed by atoms with E-state index in [4.69, 9.17) is 5.11 Å². The Hall–Kier alpha value is -1.89. The maximum absolute atomic E-state index is 11.7. The van der Waals surface area contributed by atoms with E-state index in [-0.39, 0.29) is 6.54 Å². The van der Waals surface area contributed by atoms with Crippen LogP contribution in [0, 0.1) is 6.92 Å². The van der Waals surface area contributed by atoms with E-state index in [0.717, 1.165) is 6.92 Å². The monoisotopic (exact) mass is 241 g/mol. The van der Waals surface area contributed by atoms with E-state index in [2.05, 4.69) is 10.4 Å².